The molecule has 3 rings (SSSR count). The molecule has 2 fully saturated rings. The van der Waals surface area contributed by atoms with Crippen molar-refractivity contribution in [1.82, 2.24) is 5.32 Å². The van der Waals surface area contributed by atoms with Gasteiger partial charge in [0.05, 0.1) is 0 Å². The third-order valence-electron chi connectivity index (χ3n) is 5.10. The lowest BCUT2D eigenvalue weighted by Crippen LogP contribution is -2.39. The minimum Gasteiger partial charge on any atom is -0.350 e. The fraction of sp³-hybridized carbons (Fsp3) is 0.500. The molecule has 0 aromatic heterocycles. The Labute approximate surface area is 135 Å². The van der Waals surface area contributed by atoms with E-state index in [2.05, 4.69) is 28.2 Å². The molecule has 2 saturated carbocycles. The van der Waals surface area contributed by atoms with Crippen LogP contribution in [0.1, 0.15) is 38.2 Å². The average Bonchev–Trinajstić information content (AvgIpc) is 3.09. The number of benzene rings is 1. The molecule has 0 aliphatic heterocycles. The molecular weight excluding hydrogens is 326 g/mol. The summed E-state index contributed by atoms with van der Waals surface area (Å²) in [6.45, 7) is 2.16. The van der Waals surface area contributed by atoms with Gasteiger partial charge < -0.3 is 5.32 Å². The summed E-state index contributed by atoms with van der Waals surface area (Å²) in [6.07, 6.45) is 8.99. The first-order valence-electron chi connectivity index (χ1n) is 7.86. The summed E-state index contributed by atoms with van der Waals surface area (Å²) in [5.74, 6) is 2.49. The minimum absolute atomic E-state index is 0.0215. The van der Waals surface area contributed by atoms with E-state index in [1.807, 2.05) is 30.3 Å². The van der Waals surface area contributed by atoms with Crippen molar-refractivity contribution in [2.75, 3.05) is 0 Å². The standard InChI is InChI=1S/C18H22BrNO/c1-12(17-11-14-2-6-15(17)10-14)20-18(21)9-5-13-3-7-16(19)8-4-13/h3-5,7-9,12,14-15,17H,2,6,10-11H2,1H3,(H,20,21)/b9-5+/t12-,14+,15+,17+/m1/s1. The highest BCUT2D eigenvalue weighted by Crippen LogP contribution is 2.49. The zero-order valence-electron chi connectivity index (χ0n) is 12.4. The Hall–Kier alpha value is -1.09. The van der Waals surface area contributed by atoms with Crippen LogP contribution in [0.3, 0.4) is 0 Å². The van der Waals surface area contributed by atoms with E-state index < -0.39 is 0 Å². The summed E-state index contributed by atoms with van der Waals surface area (Å²) >= 11 is 3.41. The highest BCUT2D eigenvalue weighted by molar-refractivity contribution is 9.10. The number of hydrogen-bond donors (Lipinski definition) is 1. The predicted molar refractivity (Wildman–Crippen MR) is 89.7 cm³/mol. The van der Waals surface area contributed by atoms with E-state index in [1.165, 1.54) is 25.7 Å². The summed E-state index contributed by atoms with van der Waals surface area (Å²) in [5, 5.41) is 3.15. The van der Waals surface area contributed by atoms with Gasteiger partial charge in [-0.3, -0.25) is 4.79 Å². The molecule has 0 spiro atoms. The lowest BCUT2D eigenvalue weighted by atomic mass is 9.84. The van der Waals surface area contributed by atoms with E-state index in [0.29, 0.717) is 12.0 Å². The Morgan fingerprint density at radius 2 is 2.05 bits per heavy atom. The van der Waals surface area contributed by atoms with Crippen molar-refractivity contribution in [2.24, 2.45) is 17.8 Å². The summed E-state index contributed by atoms with van der Waals surface area (Å²) in [6, 6.07) is 8.24. The van der Waals surface area contributed by atoms with E-state index in [1.54, 1.807) is 6.08 Å². The van der Waals surface area contributed by atoms with Crippen molar-refractivity contribution in [3.05, 3.63) is 40.4 Å². The second kappa shape index (κ2) is 6.35. The Kier molecular flexibility index (Phi) is 4.48. The van der Waals surface area contributed by atoms with Crippen molar-refractivity contribution in [1.29, 1.82) is 0 Å². The van der Waals surface area contributed by atoms with Crippen LogP contribution in [0.5, 0.6) is 0 Å². The van der Waals surface area contributed by atoms with Crippen molar-refractivity contribution in [3.8, 4) is 0 Å². The van der Waals surface area contributed by atoms with Crippen LogP contribution >= 0.6 is 15.9 Å². The van der Waals surface area contributed by atoms with Gasteiger partial charge >= 0.3 is 0 Å². The topological polar surface area (TPSA) is 29.1 Å². The number of amides is 1. The normalized spacial score (nSPS) is 29.0. The molecule has 4 atom stereocenters. The second-order valence-electron chi connectivity index (χ2n) is 6.52. The molecule has 3 heteroatoms. The first kappa shape index (κ1) is 14.8. The highest BCUT2D eigenvalue weighted by atomic mass is 79.9. The number of hydrogen-bond acceptors (Lipinski definition) is 1. The summed E-state index contributed by atoms with van der Waals surface area (Å²) in [5.41, 5.74) is 1.04. The van der Waals surface area contributed by atoms with Crippen LogP contribution in [0.25, 0.3) is 6.08 Å². The Morgan fingerprint density at radius 1 is 1.29 bits per heavy atom. The first-order valence-corrected chi connectivity index (χ1v) is 8.65. The van der Waals surface area contributed by atoms with Crippen molar-refractivity contribution < 1.29 is 4.79 Å². The van der Waals surface area contributed by atoms with Crippen molar-refractivity contribution in [2.45, 2.75) is 38.6 Å². The molecule has 21 heavy (non-hydrogen) atoms. The number of carbonyl (C=O) groups is 1. The molecule has 0 radical (unpaired) electrons. The van der Waals surface area contributed by atoms with Crippen LogP contribution in [-0.2, 0) is 4.79 Å². The number of halogens is 1. The molecule has 2 aliphatic carbocycles. The molecule has 1 N–H and O–H groups in total. The minimum atomic E-state index is 0.0215. The molecular formula is C18H22BrNO. The van der Waals surface area contributed by atoms with Crippen LogP contribution in [-0.4, -0.2) is 11.9 Å². The first-order chi connectivity index (χ1) is 10.1. The van der Waals surface area contributed by atoms with E-state index in [0.717, 1.165) is 21.9 Å². The number of carbonyl (C=O) groups excluding carboxylic acids is 1. The van der Waals surface area contributed by atoms with Gasteiger partial charge in [0.25, 0.3) is 0 Å². The van der Waals surface area contributed by atoms with Crippen LogP contribution in [0.4, 0.5) is 0 Å². The second-order valence-corrected chi connectivity index (χ2v) is 7.44. The van der Waals surface area contributed by atoms with Gasteiger partial charge in [0.1, 0.15) is 0 Å². The monoisotopic (exact) mass is 347 g/mol. The van der Waals surface area contributed by atoms with Gasteiger partial charge in [0.15, 0.2) is 0 Å². The van der Waals surface area contributed by atoms with Gasteiger partial charge in [-0.05, 0) is 67.7 Å². The maximum Gasteiger partial charge on any atom is 0.244 e. The van der Waals surface area contributed by atoms with E-state index in [-0.39, 0.29) is 5.91 Å². The molecule has 0 unspecified atom stereocenters. The van der Waals surface area contributed by atoms with Gasteiger partial charge in [-0.1, -0.05) is 34.5 Å². The lowest BCUT2D eigenvalue weighted by molar-refractivity contribution is -0.117. The van der Waals surface area contributed by atoms with Crippen LogP contribution in [0, 0.1) is 17.8 Å². The maximum absolute atomic E-state index is 12.0. The van der Waals surface area contributed by atoms with Gasteiger partial charge in [0, 0.05) is 16.6 Å². The van der Waals surface area contributed by atoms with Crippen molar-refractivity contribution >= 4 is 27.9 Å². The molecule has 0 heterocycles. The fourth-order valence-electron chi connectivity index (χ4n) is 4.03. The number of fused-ring (bicyclic) bond motifs is 2. The third-order valence-corrected chi connectivity index (χ3v) is 5.63. The predicted octanol–water partition coefficient (Wildman–Crippen LogP) is 4.40. The van der Waals surface area contributed by atoms with Crippen LogP contribution in [0.2, 0.25) is 0 Å². The van der Waals surface area contributed by atoms with E-state index in [9.17, 15) is 4.79 Å². The average molecular weight is 348 g/mol. The zero-order valence-corrected chi connectivity index (χ0v) is 14.0. The maximum atomic E-state index is 12.0. The number of rotatable bonds is 4. The van der Waals surface area contributed by atoms with Crippen LogP contribution in [0.15, 0.2) is 34.8 Å². The summed E-state index contributed by atoms with van der Waals surface area (Å²) in [4.78, 5) is 12.0. The van der Waals surface area contributed by atoms with Gasteiger partial charge in [-0.2, -0.15) is 0 Å². The van der Waals surface area contributed by atoms with Gasteiger partial charge in [0.2, 0.25) is 5.91 Å². The fourth-order valence-corrected chi connectivity index (χ4v) is 4.30. The molecule has 1 aromatic carbocycles. The molecule has 2 aliphatic rings. The van der Waals surface area contributed by atoms with E-state index >= 15 is 0 Å². The quantitative estimate of drug-likeness (QED) is 0.803. The van der Waals surface area contributed by atoms with Crippen LogP contribution < -0.4 is 5.32 Å². The number of nitrogens with one attached hydrogen (secondary N) is 1. The Morgan fingerprint density at radius 3 is 2.67 bits per heavy atom. The molecule has 1 amide bonds. The van der Waals surface area contributed by atoms with Gasteiger partial charge in [-0.25, -0.2) is 0 Å². The smallest absolute Gasteiger partial charge is 0.244 e. The van der Waals surface area contributed by atoms with Crippen molar-refractivity contribution in [3.63, 3.8) is 0 Å². The lowest BCUT2D eigenvalue weighted by Gasteiger charge is -2.28. The van der Waals surface area contributed by atoms with E-state index in [4.69, 9.17) is 0 Å². The Bertz CT molecular complexity index is 537. The summed E-state index contributed by atoms with van der Waals surface area (Å²) in [7, 11) is 0. The largest absolute Gasteiger partial charge is 0.350 e. The van der Waals surface area contributed by atoms with Gasteiger partial charge in [-0.15, -0.1) is 0 Å². The Balaban J connectivity index is 1.53. The molecule has 112 valence electrons. The molecule has 0 saturated heterocycles. The zero-order chi connectivity index (χ0) is 14.8. The molecule has 2 nitrogen and oxygen atoms in total. The molecule has 1 aromatic rings. The third kappa shape index (κ3) is 3.57. The molecule has 2 bridgehead atoms. The SMILES string of the molecule is C[C@@H](NC(=O)/C=C/c1ccc(Br)cc1)[C@@H]1C[C@H]2CC[C@H]1C2. The highest BCUT2D eigenvalue weighted by Gasteiger charge is 2.41. The summed E-state index contributed by atoms with van der Waals surface area (Å²) < 4.78 is 1.05.